The van der Waals surface area contributed by atoms with Crippen molar-refractivity contribution in [2.75, 3.05) is 19.7 Å². The van der Waals surface area contributed by atoms with Crippen molar-refractivity contribution < 1.29 is 9.53 Å². The molecule has 1 aromatic rings. The van der Waals surface area contributed by atoms with Crippen molar-refractivity contribution in [3.8, 4) is 0 Å². The fourth-order valence-electron chi connectivity index (χ4n) is 2.87. The van der Waals surface area contributed by atoms with Crippen LogP contribution in [0.25, 0.3) is 0 Å². The Bertz CT molecular complexity index is 438. The summed E-state index contributed by atoms with van der Waals surface area (Å²) in [6.45, 7) is 4.11. The molecule has 4 heteroatoms. The van der Waals surface area contributed by atoms with Gasteiger partial charge in [-0.2, -0.15) is 0 Å². The van der Waals surface area contributed by atoms with Gasteiger partial charge in [0, 0.05) is 6.54 Å². The first kappa shape index (κ1) is 16.3. The summed E-state index contributed by atoms with van der Waals surface area (Å²) in [7, 11) is 0. The van der Waals surface area contributed by atoms with Gasteiger partial charge < -0.3 is 4.74 Å². The quantitative estimate of drug-likeness (QED) is 0.592. The van der Waals surface area contributed by atoms with Crippen LogP contribution in [0.5, 0.6) is 0 Å². The van der Waals surface area contributed by atoms with Gasteiger partial charge in [0.15, 0.2) is 0 Å². The maximum atomic E-state index is 12.0. The summed E-state index contributed by atoms with van der Waals surface area (Å²) < 4.78 is 5.19. The first-order valence-corrected chi connectivity index (χ1v) is 8.25. The molecule has 0 aromatic heterocycles. The molecular formula is C17H24ClNO2. The number of nitrogens with zero attached hydrogens (tertiary/aromatic N) is 1. The Balaban J connectivity index is 1.89. The second-order valence-electron chi connectivity index (χ2n) is 5.47. The summed E-state index contributed by atoms with van der Waals surface area (Å²) in [6, 6.07) is 10.0. The molecule has 0 radical (unpaired) electrons. The highest BCUT2D eigenvalue weighted by Gasteiger charge is 2.29. The molecule has 1 aliphatic heterocycles. The molecule has 0 amide bonds. The molecule has 2 atom stereocenters. The molecule has 0 N–H and O–H groups in total. The van der Waals surface area contributed by atoms with Gasteiger partial charge >= 0.3 is 5.97 Å². The predicted molar refractivity (Wildman–Crippen MR) is 85.5 cm³/mol. The number of hydrogen-bond donors (Lipinski definition) is 0. The zero-order valence-corrected chi connectivity index (χ0v) is 13.4. The van der Waals surface area contributed by atoms with Crippen molar-refractivity contribution in [3.63, 3.8) is 0 Å². The average Bonchev–Trinajstić information content (AvgIpc) is 2.54. The van der Waals surface area contributed by atoms with Crippen LogP contribution in [0.2, 0.25) is 0 Å². The Morgan fingerprint density at radius 3 is 2.86 bits per heavy atom. The van der Waals surface area contributed by atoms with E-state index in [-0.39, 0.29) is 17.4 Å². The number of alkyl halides is 1. The molecule has 0 saturated carbocycles. The summed E-state index contributed by atoms with van der Waals surface area (Å²) in [4.78, 5) is 14.3. The zero-order valence-electron chi connectivity index (χ0n) is 12.6. The number of benzene rings is 1. The van der Waals surface area contributed by atoms with E-state index in [0.717, 1.165) is 44.3 Å². The lowest BCUT2D eigenvalue weighted by Crippen LogP contribution is -2.46. The fraction of sp³-hybridized carbons (Fsp3) is 0.588. The third-order valence-corrected chi connectivity index (χ3v) is 4.47. The van der Waals surface area contributed by atoms with Gasteiger partial charge in [-0.1, -0.05) is 36.8 Å². The largest absolute Gasteiger partial charge is 0.465 e. The van der Waals surface area contributed by atoms with Crippen LogP contribution in [0.4, 0.5) is 0 Å². The van der Waals surface area contributed by atoms with Crippen LogP contribution in [0.15, 0.2) is 30.3 Å². The van der Waals surface area contributed by atoms with Crippen molar-refractivity contribution in [1.82, 2.24) is 4.90 Å². The number of hydrogen-bond acceptors (Lipinski definition) is 3. The van der Waals surface area contributed by atoms with Crippen molar-refractivity contribution in [1.29, 1.82) is 0 Å². The Morgan fingerprint density at radius 1 is 1.38 bits per heavy atom. The zero-order chi connectivity index (χ0) is 15.1. The molecule has 3 nitrogen and oxygen atoms in total. The Labute approximate surface area is 132 Å². The van der Waals surface area contributed by atoms with E-state index in [2.05, 4.69) is 17.0 Å². The summed E-state index contributed by atoms with van der Waals surface area (Å²) in [6.07, 6.45) is 4.00. The number of rotatable bonds is 6. The van der Waals surface area contributed by atoms with Gasteiger partial charge in [-0.3, -0.25) is 9.69 Å². The van der Waals surface area contributed by atoms with Gasteiger partial charge in [-0.15, -0.1) is 11.6 Å². The third kappa shape index (κ3) is 4.72. The molecular weight excluding hydrogens is 286 g/mol. The highest BCUT2D eigenvalue weighted by atomic mass is 35.5. The SMILES string of the molecule is CCOC(=O)C1CCCCN1CCC(Cl)c1ccccc1. The molecule has 2 rings (SSSR count). The van der Waals surface area contributed by atoms with Crippen LogP contribution in [0.3, 0.4) is 0 Å². The highest BCUT2D eigenvalue weighted by molar-refractivity contribution is 6.20. The molecule has 1 heterocycles. The molecule has 1 fully saturated rings. The Morgan fingerprint density at radius 2 is 2.14 bits per heavy atom. The van der Waals surface area contributed by atoms with Gasteiger partial charge in [0.25, 0.3) is 0 Å². The number of likely N-dealkylation sites (tertiary alicyclic amines) is 1. The molecule has 1 aromatic carbocycles. The predicted octanol–water partition coefficient (Wildman–Crippen LogP) is 3.77. The number of carbonyl (C=O) groups is 1. The van der Waals surface area contributed by atoms with Gasteiger partial charge in [0.2, 0.25) is 0 Å². The normalized spacial score (nSPS) is 21.0. The molecule has 0 aliphatic carbocycles. The molecule has 116 valence electrons. The molecule has 2 unspecified atom stereocenters. The van der Waals surface area contributed by atoms with Gasteiger partial charge in [0.05, 0.1) is 12.0 Å². The van der Waals surface area contributed by atoms with Crippen LogP contribution in [0.1, 0.15) is 43.5 Å². The number of piperidine rings is 1. The molecule has 1 aliphatic rings. The highest BCUT2D eigenvalue weighted by Crippen LogP contribution is 2.26. The second-order valence-corrected chi connectivity index (χ2v) is 5.99. The van der Waals surface area contributed by atoms with Crippen LogP contribution < -0.4 is 0 Å². The maximum absolute atomic E-state index is 12.0. The molecule has 0 spiro atoms. The Kier molecular flexibility index (Phi) is 6.52. The molecule has 21 heavy (non-hydrogen) atoms. The van der Waals surface area contributed by atoms with E-state index in [0.29, 0.717) is 6.61 Å². The van der Waals surface area contributed by atoms with Crippen LogP contribution in [0, 0.1) is 0 Å². The van der Waals surface area contributed by atoms with Gasteiger partial charge in [-0.05, 0) is 38.3 Å². The minimum Gasteiger partial charge on any atom is -0.465 e. The van der Waals surface area contributed by atoms with Crippen LogP contribution >= 0.6 is 11.6 Å². The van der Waals surface area contributed by atoms with Crippen molar-refractivity contribution in [2.24, 2.45) is 0 Å². The lowest BCUT2D eigenvalue weighted by molar-refractivity contribution is -0.150. The second kappa shape index (κ2) is 8.40. The minimum atomic E-state index is -0.0849. The first-order valence-electron chi connectivity index (χ1n) is 7.82. The lowest BCUT2D eigenvalue weighted by atomic mass is 10.0. The lowest BCUT2D eigenvalue weighted by Gasteiger charge is -2.34. The average molecular weight is 310 g/mol. The minimum absolute atomic E-state index is 0.00373. The monoisotopic (exact) mass is 309 g/mol. The van der Waals surface area contributed by atoms with Crippen molar-refractivity contribution >= 4 is 17.6 Å². The van der Waals surface area contributed by atoms with E-state index in [9.17, 15) is 4.79 Å². The summed E-state index contributed by atoms with van der Waals surface area (Å²) in [5, 5.41) is -0.00373. The van der Waals surface area contributed by atoms with E-state index < -0.39 is 0 Å². The van der Waals surface area contributed by atoms with Crippen LogP contribution in [-0.2, 0) is 9.53 Å². The summed E-state index contributed by atoms with van der Waals surface area (Å²) in [5.74, 6) is -0.0805. The van der Waals surface area contributed by atoms with E-state index in [4.69, 9.17) is 16.3 Å². The van der Waals surface area contributed by atoms with E-state index in [1.54, 1.807) is 0 Å². The number of ether oxygens (including phenoxy) is 1. The van der Waals surface area contributed by atoms with E-state index in [1.165, 1.54) is 0 Å². The Hall–Kier alpha value is -1.06. The third-order valence-electron chi connectivity index (χ3n) is 4.00. The number of carbonyl (C=O) groups excluding carboxylic acids is 1. The topological polar surface area (TPSA) is 29.5 Å². The van der Waals surface area contributed by atoms with Crippen molar-refractivity contribution in [3.05, 3.63) is 35.9 Å². The van der Waals surface area contributed by atoms with Gasteiger partial charge in [-0.25, -0.2) is 0 Å². The van der Waals surface area contributed by atoms with Gasteiger partial charge in [0.1, 0.15) is 6.04 Å². The van der Waals surface area contributed by atoms with Crippen LogP contribution in [-0.4, -0.2) is 36.6 Å². The van der Waals surface area contributed by atoms with E-state index >= 15 is 0 Å². The summed E-state index contributed by atoms with van der Waals surface area (Å²) >= 11 is 6.47. The summed E-state index contributed by atoms with van der Waals surface area (Å²) in [5.41, 5.74) is 1.14. The number of esters is 1. The maximum Gasteiger partial charge on any atom is 0.323 e. The smallest absolute Gasteiger partial charge is 0.323 e. The fourth-order valence-corrected chi connectivity index (χ4v) is 3.11. The first-order chi connectivity index (χ1) is 10.2. The number of halogens is 1. The standard InChI is InChI=1S/C17H24ClNO2/c1-2-21-17(20)16-10-6-7-12-19(16)13-11-15(18)14-8-4-3-5-9-14/h3-5,8-9,15-16H,2,6-7,10-13H2,1H3. The molecule has 0 bridgehead atoms. The van der Waals surface area contributed by atoms with Crippen molar-refractivity contribution in [2.45, 2.75) is 44.0 Å². The van der Waals surface area contributed by atoms with E-state index in [1.807, 2.05) is 25.1 Å². The molecule has 1 saturated heterocycles.